The van der Waals surface area contributed by atoms with Crippen LogP contribution in [0.5, 0.6) is 5.75 Å². The fraction of sp³-hybridized carbons (Fsp3) is 0.500. The number of nitrogens with one attached hydrogen (secondary N) is 1. The smallest absolute Gasteiger partial charge is 0.147 e. The van der Waals surface area contributed by atoms with Crippen molar-refractivity contribution < 1.29 is 14.6 Å². The number of aliphatic hydroxyl groups is 1. The van der Waals surface area contributed by atoms with Crippen LogP contribution in [0.1, 0.15) is 5.56 Å². The Kier molecular flexibility index (Phi) is 7.85. The average molecular weight is 383 g/mol. The van der Waals surface area contributed by atoms with E-state index >= 15 is 0 Å². The van der Waals surface area contributed by atoms with Gasteiger partial charge in [-0.25, -0.2) is 0 Å². The zero-order valence-electron chi connectivity index (χ0n) is 10.2. The van der Waals surface area contributed by atoms with Crippen molar-refractivity contribution in [3.8, 4) is 5.75 Å². The Morgan fingerprint density at radius 2 is 1.83 bits per heavy atom. The number of benzene rings is 1. The van der Waals surface area contributed by atoms with Gasteiger partial charge >= 0.3 is 0 Å². The maximum Gasteiger partial charge on any atom is 0.147 e. The molecule has 18 heavy (non-hydrogen) atoms. The third-order valence-corrected chi connectivity index (χ3v) is 3.33. The molecule has 0 aromatic heterocycles. The summed E-state index contributed by atoms with van der Waals surface area (Å²) in [4.78, 5) is 0. The molecule has 4 nitrogen and oxygen atoms in total. The van der Waals surface area contributed by atoms with Crippen LogP contribution in [0, 0.1) is 0 Å². The van der Waals surface area contributed by atoms with Gasteiger partial charge in [-0.05, 0) is 56.6 Å². The van der Waals surface area contributed by atoms with Crippen molar-refractivity contribution in [1.82, 2.24) is 5.32 Å². The summed E-state index contributed by atoms with van der Waals surface area (Å²) < 4.78 is 12.6. The Labute approximate surface area is 124 Å². The lowest BCUT2D eigenvalue weighted by molar-refractivity contribution is 0.0702. The van der Waals surface area contributed by atoms with Gasteiger partial charge in [0.2, 0.25) is 0 Å². The van der Waals surface area contributed by atoms with E-state index in [9.17, 15) is 0 Å². The van der Waals surface area contributed by atoms with Crippen LogP contribution in [0.4, 0.5) is 0 Å². The highest BCUT2D eigenvalue weighted by Crippen LogP contribution is 2.34. The lowest BCUT2D eigenvalue weighted by atomic mass is 10.2. The molecule has 1 rings (SSSR count). The summed E-state index contributed by atoms with van der Waals surface area (Å²) in [6.07, 6.45) is 0. The Morgan fingerprint density at radius 1 is 1.17 bits per heavy atom. The van der Waals surface area contributed by atoms with Crippen molar-refractivity contribution in [3.63, 3.8) is 0 Å². The van der Waals surface area contributed by atoms with E-state index in [4.69, 9.17) is 14.6 Å². The highest BCUT2D eigenvalue weighted by Gasteiger charge is 2.08. The lowest BCUT2D eigenvalue weighted by Gasteiger charge is -2.12. The van der Waals surface area contributed by atoms with E-state index < -0.39 is 0 Å². The molecule has 0 atom stereocenters. The van der Waals surface area contributed by atoms with Gasteiger partial charge in [-0.3, -0.25) is 0 Å². The highest BCUT2D eigenvalue weighted by atomic mass is 79.9. The van der Waals surface area contributed by atoms with Crippen molar-refractivity contribution >= 4 is 31.9 Å². The standard InChI is InChI=1S/C12H17Br2NO3/c1-15-8-9-6-10(13)12(11(14)7-9)18-5-4-17-3-2-16/h6-7,15-16H,2-5,8H2,1H3. The minimum Gasteiger partial charge on any atom is -0.489 e. The van der Waals surface area contributed by atoms with Gasteiger partial charge in [0, 0.05) is 6.54 Å². The largest absolute Gasteiger partial charge is 0.489 e. The molecule has 0 saturated heterocycles. The zero-order chi connectivity index (χ0) is 13.4. The Balaban J connectivity index is 2.54. The normalized spacial score (nSPS) is 10.7. The topological polar surface area (TPSA) is 50.7 Å². The van der Waals surface area contributed by atoms with Crippen LogP contribution in [0.3, 0.4) is 0 Å². The van der Waals surface area contributed by atoms with Crippen LogP contribution in [0.2, 0.25) is 0 Å². The van der Waals surface area contributed by atoms with Crippen LogP contribution in [-0.2, 0) is 11.3 Å². The number of aliphatic hydroxyl groups excluding tert-OH is 1. The van der Waals surface area contributed by atoms with Crippen LogP contribution in [-0.4, -0.2) is 38.6 Å². The van der Waals surface area contributed by atoms with Gasteiger partial charge in [0.05, 0.1) is 28.8 Å². The molecule has 102 valence electrons. The van der Waals surface area contributed by atoms with Crippen molar-refractivity contribution in [1.29, 1.82) is 0 Å². The summed E-state index contributed by atoms with van der Waals surface area (Å²) in [7, 11) is 1.91. The minimum absolute atomic E-state index is 0.0338. The first-order valence-electron chi connectivity index (χ1n) is 5.63. The molecule has 0 unspecified atom stereocenters. The molecule has 0 aliphatic heterocycles. The van der Waals surface area contributed by atoms with E-state index in [1.807, 2.05) is 19.2 Å². The second-order valence-corrected chi connectivity index (χ2v) is 5.31. The number of rotatable bonds is 8. The van der Waals surface area contributed by atoms with Crippen LogP contribution in [0.25, 0.3) is 0 Å². The number of hydrogen-bond donors (Lipinski definition) is 2. The van der Waals surface area contributed by atoms with E-state index in [0.29, 0.717) is 19.8 Å². The molecule has 1 aromatic carbocycles. The molecule has 0 bridgehead atoms. The maximum atomic E-state index is 8.57. The van der Waals surface area contributed by atoms with E-state index in [0.717, 1.165) is 21.2 Å². The molecule has 6 heteroatoms. The second kappa shape index (κ2) is 8.87. The van der Waals surface area contributed by atoms with Gasteiger partial charge < -0.3 is 19.9 Å². The third kappa shape index (κ3) is 5.24. The van der Waals surface area contributed by atoms with E-state index in [2.05, 4.69) is 37.2 Å². The molecule has 0 radical (unpaired) electrons. The van der Waals surface area contributed by atoms with E-state index in [1.54, 1.807) is 0 Å². The first-order chi connectivity index (χ1) is 8.69. The molecular weight excluding hydrogens is 366 g/mol. The monoisotopic (exact) mass is 381 g/mol. The Morgan fingerprint density at radius 3 is 2.39 bits per heavy atom. The van der Waals surface area contributed by atoms with Crippen molar-refractivity contribution in [3.05, 3.63) is 26.6 Å². The van der Waals surface area contributed by atoms with Gasteiger partial charge in [0.25, 0.3) is 0 Å². The molecule has 0 aliphatic rings. The molecule has 2 N–H and O–H groups in total. The molecular formula is C12H17Br2NO3. The molecule has 0 spiro atoms. The zero-order valence-corrected chi connectivity index (χ0v) is 13.4. The summed E-state index contributed by atoms with van der Waals surface area (Å²) in [5.41, 5.74) is 1.17. The van der Waals surface area contributed by atoms with Crippen LogP contribution in [0.15, 0.2) is 21.1 Å². The lowest BCUT2D eigenvalue weighted by Crippen LogP contribution is -2.10. The van der Waals surface area contributed by atoms with Gasteiger partial charge in [-0.1, -0.05) is 0 Å². The second-order valence-electron chi connectivity index (χ2n) is 3.60. The quantitative estimate of drug-likeness (QED) is 0.677. The maximum absolute atomic E-state index is 8.57. The summed E-state index contributed by atoms with van der Waals surface area (Å²) >= 11 is 6.97. The van der Waals surface area contributed by atoms with Crippen molar-refractivity contribution in [2.75, 3.05) is 33.5 Å². The van der Waals surface area contributed by atoms with Crippen LogP contribution >= 0.6 is 31.9 Å². The number of ether oxygens (including phenoxy) is 2. The van der Waals surface area contributed by atoms with E-state index in [1.165, 1.54) is 5.56 Å². The third-order valence-electron chi connectivity index (χ3n) is 2.15. The molecule has 0 heterocycles. The molecule has 0 fully saturated rings. The van der Waals surface area contributed by atoms with Gasteiger partial charge in [-0.2, -0.15) is 0 Å². The number of hydrogen-bond acceptors (Lipinski definition) is 4. The minimum atomic E-state index is 0.0338. The molecule has 0 saturated carbocycles. The summed E-state index contributed by atoms with van der Waals surface area (Å²) in [6, 6.07) is 4.04. The van der Waals surface area contributed by atoms with Crippen molar-refractivity contribution in [2.45, 2.75) is 6.54 Å². The van der Waals surface area contributed by atoms with Gasteiger partial charge in [0.1, 0.15) is 12.4 Å². The summed E-state index contributed by atoms with van der Waals surface area (Å²) in [5, 5.41) is 11.7. The first-order valence-corrected chi connectivity index (χ1v) is 7.21. The van der Waals surface area contributed by atoms with Crippen molar-refractivity contribution in [2.24, 2.45) is 0 Å². The Hall–Kier alpha value is -0.140. The first kappa shape index (κ1) is 15.9. The van der Waals surface area contributed by atoms with Crippen LogP contribution < -0.4 is 10.1 Å². The van der Waals surface area contributed by atoms with E-state index in [-0.39, 0.29) is 6.61 Å². The predicted octanol–water partition coefficient (Wildman–Crippen LogP) is 2.32. The molecule has 0 amide bonds. The fourth-order valence-electron chi connectivity index (χ4n) is 1.43. The predicted molar refractivity (Wildman–Crippen MR) is 78.0 cm³/mol. The number of halogens is 2. The molecule has 1 aromatic rings. The fourth-order valence-corrected chi connectivity index (χ4v) is 2.94. The summed E-state index contributed by atoms with van der Waals surface area (Å²) in [5.74, 6) is 0.766. The van der Waals surface area contributed by atoms with Gasteiger partial charge in [0.15, 0.2) is 0 Å². The summed E-state index contributed by atoms with van der Waals surface area (Å²) in [6.45, 7) is 2.08. The van der Waals surface area contributed by atoms with Gasteiger partial charge in [-0.15, -0.1) is 0 Å². The average Bonchev–Trinajstić information content (AvgIpc) is 2.32. The molecule has 0 aliphatic carbocycles. The Bertz CT molecular complexity index is 351. The SMILES string of the molecule is CNCc1cc(Br)c(OCCOCCO)c(Br)c1. The highest BCUT2D eigenvalue weighted by molar-refractivity contribution is 9.11.